The first-order valence-electron chi connectivity index (χ1n) is 7.55. The number of imidazole rings is 1. The fourth-order valence-electron chi connectivity index (χ4n) is 2.65. The van der Waals surface area contributed by atoms with Crippen LogP contribution in [0.3, 0.4) is 0 Å². The van der Waals surface area contributed by atoms with Gasteiger partial charge in [-0.25, -0.2) is 9.97 Å². The van der Waals surface area contributed by atoms with Crippen LogP contribution < -0.4 is 0 Å². The molecule has 0 N–H and O–H groups in total. The van der Waals surface area contributed by atoms with Crippen LogP contribution in [0.1, 0.15) is 29.6 Å². The lowest BCUT2D eigenvalue weighted by Gasteiger charge is -2.27. The second kappa shape index (κ2) is 6.70. The molecule has 0 aliphatic carbocycles. The molecule has 22 heavy (non-hydrogen) atoms. The van der Waals surface area contributed by atoms with Crippen molar-refractivity contribution in [3.05, 3.63) is 42.6 Å². The van der Waals surface area contributed by atoms with E-state index in [1.807, 2.05) is 7.05 Å². The lowest BCUT2D eigenvalue weighted by atomic mass is 10.1. The second-order valence-corrected chi connectivity index (χ2v) is 5.55. The third-order valence-corrected chi connectivity index (χ3v) is 3.86. The maximum atomic E-state index is 12.6. The van der Waals surface area contributed by atoms with E-state index in [2.05, 4.69) is 9.97 Å². The van der Waals surface area contributed by atoms with Gasteiger partial charge in [0.25, 0.3) is 5.91 Å². The molecule has 0 spiro atoms. The van der Waals surface area contributed by atoms with E-state index in [1.165, 1.54) is 6.42 Å². The molecular weight excluding hydrogens is 280 g/mol. The summed E-state index contributed by atoms with van der Waals surface area (Å²) in [5.41, 5.74) is 0.622. The van der Waals surface area contributed by atoms with Gasteiger partial charge in [-0.1, -0.05) is 0 Å². The zero-order valence-electron chi connectivity index (χ0n) is 12.7. The van der Waals surface area contributed by atoms with Gasteiger partial charge >= 0.3 is 0 Å². The zero-order chi connectivity index (χ0) is 15.4. The summed E-state index contributed by atoms with van der Waals surface area (Å²) in [6, 6.07) is 3.52. The lowest BCUT2D eigenvalue weighted by Crippen LogP contribution is -2.37. The molecular formula is C16H20N4O2. The van der Waals surface area contributed by atoms with E-state index in [0.29, 0.717) is 17.9 Å². The molecule has 6 nitrogen and oxygen atoms in total. The largest absolute Gasteiger partial charge is 0.376 e. The Hall–Kier alpha value is -2.21. The fourth-order valence-corrected chi connectivity index (χ4v) is 2.65. The van der Waals surface area contributed by atoms with Crippen molar-refractivity contribution in [1.29, 1.82) is 0 Å². The van der Waals surface area contributed by atoms with Crippen LogP contribution in [-0.4, -0.2) is 51.6 Å². The molecule has 0 aromatic carbocycles. The minimum atomic E-state index is -0.0158. The normalized spacial score (nSPS) is 18.1. The van der Waals surface area contributed by atoms with E-state index in [4.69, 9.17) is 4.74 Å². The first-order valence-corrected chi connectivity index (χ1v) is 7.55. The van der Waals surface area contributed by atoms with Crippen molar-refractivity contribution in [3.8, 4) is 5.82 Å². The minimum absolute atomic E-state index is 0.0158. The summed E-state index contributed by atoms with van der Waals surface area (Å²) >= 11 is 0. The van der Waals surface area contributed by atoms with Gasteiger partial charge in [-0.2, -0.15) is 0 Å². The van der Waals surface area contributed by atoms with E-state index < -0.39 is 0 Å². The molecule has 1 aliphatic rings. The maximum absolute atomic E-state index is 12.6. The van der Waals surface area contributed by atoms with E-state index in [0.717, 1.165) is 19.4 Å². The third-order valence-electron chi connectivity index (χ3n) is 3.86. The van der Waals surface area contributed by atoms with Crippen molar-refractivity contribution in [3.63, 3.8) is 0 Å². The zero-order valence-corrected chi connectivity index (χ0v) is 12.7. The van der Waals surface area contributed by atoms with Gasteiger partial charge in [0.1, 0.15) is 12.1 Å². The molecule has 1 amide bonds. The van der Waals surface area contributed by atoms with Gasteiger partial charge in [0, 0.05) is 44.4 Å². The lowest BCUT2D eigenvalue weighted by molar-refractivity contribution is -0.000188. The van der Waals surface area contributed by atoms with Crippen molar-refractivity contribution < 1.29 is 9.53 Å². The number of carbonyl (C=O) groups excluding carboxylic acids is 1. The predicted octanol–water partition coefficient (Wildman–Crippen LogP) is 1.91. The molecule has 1 aliphatic heterocycles. The highest BCUT2D eigenvalue weighted by Crippen LogP contribution is 2.15. The number of pyridine rings is 1. The Morgan fingerprint density at radius 1 is 1.45 bits per heavy atom. The average Bonchev–Trinajstić information content (AvgIpc) is 3.10. The number of ether oxygens (including phenoxy) is 1. The number of likely N-dealkylation sites (N-methyl/N-ethyl adjacent to an activating group) is 1. The third kappa shape index (κ3) is 3.33. The fraction of sp³-hybridized carbons (Fsp3) is 0.438. The minimum Gasteiger partial charge on any atom is -0.376 e. The molecule has 1 atom stereocenters. The van der Waals surface area contributed by atoms with E-state index in [9.17, 15) is 4.79 Å². The van der Waals surface area contributed by atoms with Gasteiger partial charge in [-0.3, -0.25) is 9.36 Å². The standard InChI is InChI=1S/C16H20N4O2/c1-19(11-14-4-2-3-9-22-14)16(21)13-5-6-18-15(10-13)20-8-7-17-12-20/h5-8,10,12,14H,2-4,9,11H2,1H3/t14-/m1/s1. The van der Waals surface area contributed by atoms with Crippen LogP contribution in [0.5, 0.6) is 0 Å². The molecule has 0 unspecified atom stereocenters. The molecule has 1 saturated heterocycles. The molecule has 2 aromatic heterocycles. The monoisotopic (exact) mass is 300 g/mol. The molecule has 2 aromatic rings. The van der Waals surface area contributed by atoms with Gasteiger partial charge in [0.05, 0.1) is 6.10 Å². The van der Waals surface area contributed by atoms with Crippen LogP contribution in [0, 0.1) is 0 Å². The smallest absolute Gasteiger partial charge is 0.253 e. The van der Waals surface area contributed by atoms with Crippen molar-refractivity contribution >= 4 is 5.91 Å². The highest BCUT2D eigenvalue weighted by molar-refractivity contribution is 5.94. The molecule has 6 heteroatoms. The van der Waals surface area contributed by atoms with Crippen molar-refractivity contribution in [1.82, 2.24) is 19.4 Å². The Bertz CT molecular complexity index is 621. The summed E-state index contributed by atoms with van der Waals surface area (Å²) in [7, 11) is 1.82. The van der Waals surface area contributed by atoms with Gasteiger partial charge < -0.3 is 9.64 Å². The number of rotatable bonds is 4. The molecule has 0 bridgehead atoms. The number of aromatic nitrogens is 3. The molecule has 3 rings (SSSR count). The first kappa shape index (κ1) is 14.7. The van der Waals surface area contributed by atoms with E-state index >= 15 is 0 Å². The van der Waals surface area contributed by atoms with E-state index in [-0.39, 0.29) is 12.0 Å². The summed E-state index contributed by atoms with van der Waals surface area (Å²) in [5.74, 6) is 0.670. The molecule has 0 radical (unpaired) electrons. The Labute approximate surface area is 129 Å². The summed E-state index contributed by atoms with van der Waals surface area (Å²) in [6.45, 7) is 1.42. The van der Waals surface area contributed by atoms with Crippen LogP contribution >= 0.6 is 0 Å². The summed E-state index contributed by atoms with van der Waals surface area (Å²) in [6.07, 6.45) is 10.3. The highest BCUT2D eigenvalue weighted by atomic mass is 16.5. The van der Waals surface area contributed by atoms with Crippen LogP contribution in [-0.2, 0) is 4.74 Å². The second-order valence-electron chi connectivity index (χ2n) is 5.55. The van der Waals surface area contributed by atoms with Gasteiger partial charge in [-0.15, -0.1) is 0 Å². The molecule has 116 valence electrons. The average molecular weight is 300 g/mol. The SMILES string of the molecule is CN(C[C@H]1CCCCO1)C(=O)c1ccnc(-n2ccnc2)c1. The Kier molecular flexibility index (Phi) is 4.48. The van der Waals surface area contributed by atoms with E-state index in [1.54, 1.807) is 46.5 Å². The van der Waals surface area contributed by atoms with Crippen LogP contribution in [0.15, 0.2) is 37.1 Å². The predicted molar refractivity (Wildman–Crippen MR) is 81.9 cm³/mol. The van der Waals surface area contributed by atoms with Crippen LogP contribution in [0.4, 0.5) is 0 Å². The Morgan fingerprint density at radius 2 is 2.36 bits per heavy atom. The molecule has 3 heterocycles. The number of hydrogen-bond donors (Lipinski definition) is 0. The molecule has 1 fully saturated rings. The summed E-state index contributed by atoms with van der Waals surface area (Å²) in [5, 5.41) is 0. The van der Waals surface area contributed by atoms with Gasteiger partial charge in [0.15, 0.2) is 0 Å². The number of carbonyl (C=O) groups is 1. The van der Waals surface area contributed by atoms with Gasteiger partial charge in [-0.05, 0) is 31.4 Å². The van der Waals surface area contributed by atoms with Crippen LogP contribution in [0.2, 0.25) is 0 Å². The highest BCUT2D eigenvalue weighted by Gasteiger charge is 2.20. The summed E-state index contributed by atoms with van der Waals surface area (Å²) < 4.78 is 7.48. The number of nitrogens with zero attached hydrogens (tertiary/aromatic N) is 4. The number of amides is 1. The van der Waals surface area contributed by atoms with Crippen LogP contribution in [0.25, 0.3) is 5.82 Å². The van der Waals surface area contributed by atoms with Crippen molar-refractivity contribution in [2.24, 2.45) is 0 Å². The Morgan fingerprint density at radius 3 is 3.09 bits per heavy atom. The maximum Gasteiger partial charge on any atom is 0.253 e. The van der Waals surface area contributed by atoms with Gasteiger partial charge in [0.2, 0.25) is 0 Å². The first-order chi connectivity index (χ1) is 10.7. The molecule has 0 saturated carbocycles. The summed E-state index contributed by atoms with van der Waals surface area (Å²) in [4.78, 5) is 22.5. The topological polar surface area (TPSA) is 60.2 Å². The number of hydrogen-bond acceptors (Lipinski definition) is 4. The Balaban J connectivity index is 1.70. The quantitative estimate of drug-likeness (QED) is 0.865. The van der Waals surface area contributed by atoms with Crippen molar-refractivity contribution in [2.45, 2.75) is 25.4 Å². The van der Waals surface area contributed by atoms with Crippen molar-refractivity contribution in [2.75, 3.05) is 20.2 Å².